The van der Waals surface area contributed by atoms with Gasteiger partial charge in [0.25, 0.3) is 0 Å². The van der Waals surface area contributed by atoms with Crippen molar-refractivity contribution in [1.82, 2.24) is 14.8 Å². The summed E-state index contributed by atoms with van der Waals surface area (Å²) in [5, 5.41) is 4.22. The van der Waals surface area contributed by atoms with E-state index in [-0.39, 0.29) is 0 Å². The molecule has 0 aliphatic heterocycles. The van der Waals surface area contributed by atoms with Crippen molar-refractivity contribution in [3.05, 3.63) is 9.47 Å². The first-order valence-corrected chi connectivity index (χ1v) is 6.01. The second kappa shape index (κ2) is 5.10. The Labute approximate surface area is 95.2 Å². The van der Waals surface area contributed by atoms with Crippen LogP contribution in [0.15, 0.2) is 9.47 Å². The Kier molecular flexibility index (Phi) is 4.38. The summed E-state index contributed by atoms with van der Waals surface area (Å²) >= 11 is 6.61. The highest BCUT2D eigenvalue weighted by Gasteiger charge is 2.09. The minimum atomic E-state index is 0.644. The lowest BCUT2D eigenvalue weighted by atomic mass is 10.0. The summed E-state index contributed by atoms with van der Waals surface area (Å²) in [6.07, 6.45) is 2.36. The molecule has 0 N–H and O–H groups in total. The SMILES string of the molecule is CCC(CC)Cn1nc(Br)nc1Br. The normalized spacial score (nSPS) is 11.2. The maximum absolute atomic E-state index is 4.22. The van der Waals surface area contributed by atoms with Gasteiger partial charge in [0, 0.05) is 6.54 Å². The zero-order valence-corrected chi connectivity index (χ0v) is 11.0. The number of rotatable bonds is 4. The van der Waals surface area contributed by atoms with E-state index in [2.05, 4.69) is 55.8 Å². The van der Waals surface area contributed by atoms with Crippen LogP contribution in [-0.2, 0) is 6.54 Å². The van der Waals surface area contributed by atoms with Gasteiger partial charge in [0.05, 0.1) is 0 Å². The van der Waals surface area contributed by atoms with E-state index in [0.717, 1.165) is 11.3 Å². The van der Waals surface area contributed by atoms with Crippen LogP contribution < -0.4 is 0 Å². The Morgan fingerprint density at radius 1 is 1.31 bits per heavy atom. The third-order valence-corrected chi connectivity index (χ3v) is 3.11. The Bertz CT molecular complexity index is 268. The van der Waals surface area contributed by atoms with Gasteiger partial charge >= 0.3 is 0 Å². The number of aromatic nitrogens is 3. The van der Waals surface area contributed by atoms with Crippen molar-refractivity contribution >= 4 is 31.9 Å². The monoisotopic (exact) mass is 309 g/mol. The van der Waals surface area contributed by atoms with E-state index in [1.165, 1.54) is 12.8 Å². The van der Waals surface area contributed by atoms with E-state index in [0.29, 0.717) is 10.7 Å². The molecule has 1 aromatic heterocycles. The minimum absolute atomic E-state index is 0.644. The van der Waals surface area contributed by atoms with Gasteiger partial charge in [-0.05, 0) is 37.8 Å². The average Bonchev–Trinajstić information content (AvgIpc) is 2.41. The van der Waals surface area contributed by atoms with Crippen LogP contribution in [0.2, 0.25) is 0 Å². The van der Waals surface area contributed by atoms with Gasteiger partial charge in [-0.15, -0.1) is 5.10 Å². The topological polar surface area (TPSA) is 30.7 Å². The number of hydrogen-bond donors (Lipinski definition) is 0. The van der Waals surface area contributed by atoms with Gasteiger partial charge in [-0.3, -0.25) is 0 Å². The van der Waals surface area contributed by atoms with Crippen LogP contribution in [0.25, 0.3) is 0 Å². The fourth-order valence-electron chi connectivity index (χ4n) is 1.20. The second-order valence-electron chi connectivity index (χ2n) is 3.01. The number of halogens is 2. The van der Waals surface area contributed by atoms with Crippen LogP contribution in [0.1, 0.15) is 26.7 Å². The predicted octanol–water partition coefficient (Wildman–Crippen LogP) is 3.24. The smallest absolute Gasteiger partial charge is 0.218 e. The third kappa shape index (κ3) is 3.06. The molecule has 1 aromatic rings. The van der Waals surface area contributed by atoms with Crippen LogP contribution >= 0.6 is 31.9 Å². The molecule has 0 unspecified atom stereocenters. The summed E-state index contributed by atoms with van der Waals surface area (Å²) in [7, 11) is 0. The van der Waals surface area contributed by atoms with E-state index < -0.39 is 0 Å². The van der Waals surface area contributed by atoms with E-state index >= 15 is 0 Å². The van der Waals surface area contributed by atoms with Crippen LogP contribution in [0.4, 0.5) is 0 Å². The molecule has 0 radical (unpaired) electrons. The Morgan fingerprint density at radius 2 is 1.92 bits per heavy atom. The molecule has 0 saturated heterocycles. The molecule has 0 spiro atoms. The highest BCUT2D eigenvalue weighted by molar-refractivity contribution is 9.11. The molecular formula is C8H13Br2N3. The van der Waals surface area contributed by atoms with E-state index in [4.69, 9.17) is 0 Å². The average molecular weight is 311 g/mol. The van der Waals surface area contributed by atoms with Gasteiger partial charge in [0.15, 0.2) is 4.73 Å². The van der Waals surface area contributed by atoms with Gasteiger partial charge in [0.2, 0.25) is 4.73 Å². The summed E-state index contributed by atoms with van der Waals surface area (Å²) in [5.41, 5.74) is 0. The quantitative estimate of drug-likeness (QED) is 0.855. The van der Waals surface area contributed by atoms with Crippen molar-refractivity contribution in [2.75, 3.05) is 0 Å². The van der Waals surface area contributed by atoms with Crippen molar-refractivity contribution in [3.63, 3.8) is 0 Å². The van der Waals surface area contributed by atoms with E-state index in [1.54, 1.807) is 0 Å². The highest BCUT2D eigenvalue weighted by atomic mass is 79.9. The molecule has 0 aliphatic carbocycles. The number of nitrogens with zero attached hydrogens (tertiary/aromatic N) is 3. The lowest BCUT2D eigenvalue weighted by molar-refractivity contribution is 0.390. The van der Waals surface area contributed by atoms with Crippen LogP contribution in [-0.4, -0.2) is 14.8 Å². The highest BCUT2D eigenvalue weighted by Crippen LogP contribution is 2.16. The fourth-order valence-corrected chi connectivity index (χ4v) is 2.19. The number of hydrogen-bond acceptors (Lipinski definition) is 2. The first-order valence-electron chi connectivity index (χ1n) is 4.43. The summed E-state index contributed by atoms with van der Waals surface area (Å²) in [6, 6.07) is 0. The Balaban J connectivity index is 2.67. The Hall–Kier alpha value is 0.1000. The molecule has 0 fully saturated rings. The summed E-state index contributed by atoms with van der Waals surface area (Å²) in [4.78, 5) is 4.12. The zero-order valence-electron chi connectivity index (χ0n) is 7.80. The van der Waals surface area contributed by atoms with Crippen molar-refractivity contribution < 1.29 is 0 Å². The molecule has 1 rings (SSSR count). The zero-order chi connectivity index (χ0) is 9.84. The van der Waals surface area contributed by atoms with Gasteiger partial charge < -0.3 is 0 Å². The van der Waals surface area contributed by atoms with Crippen LogP contribution in [0.3, 0.4) is 0 Å². The maximum Gasteiger partial charge on any atom is 0.218 e. The molecule has 5 heteroatoms. The summed E-state index contributed by atoms with van der Waals surface area (Å²) < 4.78 is 3.33. The molecule has 0 atom stereocenters. The standard InChI is InChI=1S/C8H13Br2N3/c1-3-6(4-2)5-13-8(10)11-7(9)12-13/h6H,3-5H2,1-2H3. The van der Waals surface area contributed by atoms with Crippen molar-refractivity contribution in [3.8, 4) is 0 Å². The van der Waals surface area contributed by atoms with E-state index in [1.807, 2.05) is 4.68 Å². The molecular weight excluding hydrogens is 298 g/mol. The van der Waals surface area contributed by atoms with Gasteiger partial charge in [0.1, 0.15) is 0 Å². The predicted molar refractivity (Wildman–Crippen MR) is 59.5 cm³/mol. The lowest BCUT2D eigenvalue weighted by Gasteiger charge is -2.11. The van der Waals surface area contributed by atoms with E-state index in [9.17, 15) is 0 Å². The molecule has 0 bridgehead atoms. The molecule has 0 aliphatic rings. The largest absolute Gasteiger partial charge is 0.239 e. The molecule has 1 heterocycles. The van der Waals surface area contributed by atoms with Gasteiger partial charge in [-0.2, -0.15) is 4.98 Å². The summed E-state index contributed by atoms with van der Waals surface area (Å²) in [5.74, 6) is 0.685. The van der Waals surface area contributed by atoms with Crippen molar-refractivity contribution in [1.29, 1.82) is 0 Å². The summed E-state index contributed by atoms with van der Waals surface area (Å²) in [6.45, 7) is 5.34. The minimum Gasteiger partial charge on any atom is -0.239 e. The Morgan fingerprint density at radius 3 is 2.31 bits per heavy atom. The van der Waals surface area contributed by atoms with Crippen molar-refractivity contribution in [2.24, 2.45) is 5.92 Å². The van der Waals surface area contributed by atoms with Gasteiger partial charge in [-0.1, -0.05) is 26.7 Å². The van der Waals surface area contributed by atoms with Crippen molar-refractivity contribution in [2.45, 2.75) is 33.2 Å². The van der Waals surface area contributed by atoms with Crippen LogP contribution in [0.5, 0.6) is 0 Å². The first kappa shape index (κ1) is 11.2. The fraction of sp³-hybridized carbons (Fsp3) is 0.750. The maximum atomic E-state index is 4.22. The first-order chi connectivity index (χ1) is 6.17. The molecule has 0 amide bonds. The molecule has 13 heavy (non-hydrogen) atoms. The van der Waals surface area contributed by atoms with Crippen LogP contribution in [0, 0.1) is 5.92 Å². The lowest BCUT2D eigenvalue weighted by Crippen LogP contribution is -2.10. The molecule has 0 saturated carbocycles. The second-order valence-corrected chi connectivity index (χ2v) is 4.43. The molecule has 3 nitrogen and oxygen atoms in total. The molecule has 74 valence electrons. The molecule has 0 aromatic carbocycles. The third-order valence-electron chi connectivity index (χ3n) is 2.19. The van der Waals surface area contributed by atoms with Gasteiger partial charge in [-0.25, -0.2) is 4.68 Å².